The Morgan fingerprint density at radius 2 is 1.61 bits per heavy atom. The number of rotatable bonds is 1. The van der Waals surface area contributed by atoms with E-state index in [0.29, 0.717) is 23.5 Å². The van der Waals surface area contributed by atoms with E-state index in [1.54, 1.807) is 0 Å². The molecule has 0 N–H and O–H groups in total. The lowest BCUT2D eigenvalue weighted by Gasteiger charge is -2.25. The monoisotopic (exact) mass is 248 g/mol. The van der Waals surface area contributed by atoms with Crippen molar-refractivity contribution in [3.63, 3.8) is 0 Å². The maximum absolute atomic E-state index is 12.2. The van der Waals surface area contributed by atoms with Gasteiger partial charge in [0.05, 0.1) is 0 Å². The van der Waals surface area contributed by atoms with Gasteiger partial charge in [-0.3, -0.25) is 4.79 Å². The third-order valence-corrected chi connectivity index (χ3v) is 4.76. The standard InChI is InChI=1S/C17H28O/c1-13(2)17-15-11-9-7-5-3-4-6-8-10-14(15)12-16(17)18/h12-13,15,17H,3-11H2,1-2H3. The average molecular weight is 248 g/mol. The maximum Gasteiger partial charge on any atom is 0.159 e. The highest BCUT2D eigenvalue weighted by Crippen LogP contribution is 2.40. The van der Waals surface area contributed by atoms with Crippen LogP contribution in [0, 0.1) is 17.8 Å². The summed E-state index contributed by atoms with van der Waals surface area (Å²) in [5, 5.41) is 0. The van der Waals surface area contributed by atoms with E-state index in [9.17, 15) is 4.79 Å². The Bertz CT molecular complexity index is 314. The summed E-state index contributed by atoms with van der Waals surface area (Å²) in [6.45, 7) is 4.43. The molecule has 0 spiro atoms. The Kier molecular flexibility index (Phi) is 5.03. The van der Waals surface area contributed by atoms with Gasteiger partial charge in [-0.25, -0.2) is 0 Å². The van der Waals surface area contributed by atoms with Crippen molar-refractivity contribution < 1.29 is 4.79 Å². The molecule has 0 saturated heterocycles. The SMILES string of the molecule is CC(C)C1C(=O)C=C2CCCCCCCCCC21. The van der Waals surface area contributed by atoms with Gasteiger partial charge in [-0.2, -0.15) is 0 Å². The Labute approximate surface area is 112 Å². The van der Waals surface area contributed by atoms with Crippen molar-refractivity contribution in [3.8, 4) is 0 Å². The van der Waals surface area contributed by atoms with Crippen molar-refractivity contribution in [2.75, 3.05) is 0 Å². The Hall–Kier alpha value is -0.590. The lowest BCUT2D eigenvalue weighted by Crippen LogP contribution is -2.23. The number of ketones is 1. The second-order valence-corrected chi connectivity index (χ2v) is 6.51. The smallest absolute Gasteiger partial charge is 0.159 e. The van der Waals surface area contributed by atoms with Crippen molar-refractivity contribution in [1.82, 2.24) is 0 Å². The summed E-state index contributed by atoms with van der Waals surface area (Å²) in [6.07, 6.45) is 14.0. The van der Waals surface area contributed by atoms with Gasteiger partial charge in [0.2, 0.25) is 0 Å². The molecular weight excluding hydrogens is 220 g/mol. The quantitative estimate of drug-likeness (QED) is 0.644. The molecule has 1 fully saturated rings. The van der Waals surface area contributed by atoms with Crippen LogP contribution in [0.3, 0.4) is 0 Å². The number of carbonyl (C=O) groups is 1. The Balaban J connectivity index is 2.07. The summed E-state index contributed by atoms with van der Waals surface area (Å²) in [6, 6.07) is 0. The minimum Gasteiger partial charge on any atom is -0.295 e. The van der Waals surface area contributed by atoms with Gasteiger partial charge in [0, 0.05) is 5.92 Å². The van der Waals surface area contributed by atoms with Crippen LogP contribution in [-0.2, 0) is 4.79 Å². The predicted octanol–water partition coefficient (Wildman–Crippen LogP) is 4.91. The zero-order chi connectivity index (χ0) is 13.0. The van der Waals surface area contributed by atoms with Gasteiger partial charge in [-0.1, -0.05) is 57.9 Å². The van der Waals surface area contributed by atoms with Gasteiger partial charge in [0.25, 0.3) is 0 Å². The summed E-state index contributed by atoms with van der Waals surface area (Å²) in [4.78, 5) is 12.2. The molecule has 2 rings (SSSR count). The first-order valence-electron chi connectivity index (χ1n) is 7.94. The summed E-state index contributed by atoms with van der Waals surface area (Å²) in [5.74, 6) is 1.79. The van der Waals surface area contributed by atoms with Gasteiger partial charge in [-0.05, 0) is 37.2 Å². The van der Waals surface area contributed by atoms with Crippen LogP contribution in [0.4, 0.5) is 0 Å². The fourth-order valence-electron chi connectivity index (χ4n) is 3.81. The zero-order valence-corrected chi connectivity index (χ0v) is 12.1. The molecule has 1 nitrogen and oxygen atoms in total. The first-order valence-corrected chi connectivity index (χ1v) is 7.94. The van der Waals surface area contributed by atoms with Gasteiger partial charge >= 0.3 is 0 Å². The van der Waals surface area contributed by atoms with Crippen molar-refractivity contribution >= 4 is 5.78 Å². The van der Waals surface area contributed by atoms with Crippen LogP contribution < -0.4 is 0 Å². The molecule has 102 valence electrons. The predicted molar refractivity (Wildman–Crippen MR) is 76.5 cm³/mol. The Morgan fingerprint density at radius 3 is 2.28 bits per heavy atom. The van der Waals surface area contributed by atoms with Crippen molar-refractivity contribution in [2.24, 2.45) is 17.8 Å². The second kappa shape index (κ2) is 6.54. The van der Waals surface area contributed by atoms with E-state index in [4.69, 9.17) is 0 Å². The fourth-order valence-corrected chi connectivity index (χ4v) is 3.81. The van der Waals surface area contributed by atoms with Gasteiger partial charge in [0.15, 0.2) is 5.78 Å². The van der Waals surface area contributed by atoms with Gasteiger partial charge < -0.3 is 0 Å². The molecule has 2 atom stereocenters. The molecule has 0 aliphatic heterocycles. The number of carbonyl (C=O) groups excluding carboxylic acids is 1. The zero-order valence-electron chi connectivity index (χ0n) is 12.1. The largest absolute Gasteiger partial charge is 0.295 e. The third kappa shape index (κ3) is 3.24. The van der Waals surface area contributed by atoms with E-state index in [-0.39, 0.29) is 0 Å². The maximum atomic E-state index is 12.2. The normalized spacial score (nSPS) is 30.8. The van der Waals surface area contributed by atoms with Crippen molar-refractivity contribution in [2.45, 2.75) is 71.6 Å². The van der Waals surface area contributed by atoms with E-state index in [0.717, 1.165) is 0 Å². The van der Waals surface area contributed by atoms with Crippen LogP contribution in [0.15, 0.2) is 11.6 Å². The molecule has 0 bridgehead atoms. The molecule has 0 aromatic heterocycles. The van der Waals surface area contributed by atoms with E-state index >= 15 is 0 Å². The van der Waals surface area contributed by atoms with Crippen molar-refractivity contribution in [3.05, 3.63) is 11.6 Å². The second-order valence-electron chi connectivity index (χ2n) is 6.51. The van der Waals surface area contributed by atoms with E-state index in [1.807, 2.05) is 6.08 Å². The van der Waals surface area contributed by atoms with Gasteiger partial charge in [0.1, 0.15) is 0 Å². The average Bonchev–Trinajstić information content (AvgIpc) is 2.60. The third-order valence-electron chi connectivity index (χ3n) is 4.76. The number of hydrogen-bond acceptors (Lipinski definition) is 1. The number of hydrogen-bond donors (Lipinski definition) is 0. The first kappa shape index (κ1) is 13.8. The van der Waals surface area contributed by atoms with Gasteiger partial charge in [-0.15, -0.1) is 0 Å². The molecule has 1 saturated carbocycles. The van der Waals surface area contributed by atoms with E-state index < -0.39 is 0 Å². The van der Waals surface area contributed by atoms with Crippen molar-refractivity contribution in [1.29, 1.82) is 0 Å². The highest BCUT2D eigenvalue weighted by molar-refractivity contribution is 5.95. The molecule has 1 heteroatoms. The highest BCUT2D eigenvalue weighted by Gasteiger charge is 2.36. The topological polar surface area (TPSA) is 17.1 Å². The molecule has 18 heavy (non-hydrogen) atoms. The molecule has 0 heterocycles. The molecule has 2 unspecified atom stereocenters. The fraction of sp³-hybridized carbons (Fsp3) is 0.824. The molecule has 0 amide bonds. The summed E-state index contributed by atoms with van der Waals surface area (Å²) in [7, 11) is 0. The van der Waals surface area contributed by atoms with Crippen LogP contribution in [0.25, 0.3) is 0 Å². The van der Waals surface area contributed by atoms with Crippen LogP contribution in [0.1, 0.15) is 71.6 Å². The lowest BCUT2D eigenvalue weighted by atomic mass is 9.78. The number of fused-ring (bicyclic) bond motifs is 1. The highest BCUT2D eigenvalue weighted by atomic mass is 16.1. The Morgan fingerprint density at radius 1 is 1.00 bits per heavy atom. The first-order chi connectivity index (χ1) is 8.70. The van der Waals surface area contributed by atoms with Crippen LogP contribution in [-0.4, -0.2) is 5.78 Å². The van der Waals surface area contributed by atoms with E-state index in [1.165, 1.54) is 63.4 Å². The number of allylic oxidation sites excluding steroid dienone is 2. The van der Waals surface area contributed by atoms with Crippen LogP contribution in [0.2, 0.25) is 0 Å². The van der Waals surface area contributed by atoms with E-state index in [2.05, 4.69) is 13.8 Å². The molecule has 2 aliphatic carbocycles. The summed E-state index contributed by atoms with van der Waals surface area (Å²) >= 11 is 0. The van der Waals surface area contributed by atoms with Crippen LogP contribution >= 0.6 is 0 Å². The minimum atomic E-state index is 0.292. The molecule has 2 aliphatic rings. The summed E-state index contributed by atoms with van der Waals surface area (Å²) in [5.41, 5.74) is 1.49. The lowest BCUT2D eigenvalue weighted by molar-refractivity contribution is -0.119. The molecule has 0 radical (unpaired) electrons. The van der Waals surface area contributed by atoms with Crippen LogP contribution in [0.5, 0.6) is 0 Å². The summed E-state index contributed by atoms with van der Waals surface area (Å²) < 4.78 is 0. The molecule has 0 aromatic rings. The molecule has 0 aromatic carbocycles. The molecular formula is C17H28O. The minimum absolute atomic E-state index is 0.292.